The van der Waals surface area contributed by atoms with E-state index in [1.165, 1.54) is 24.3 Å². The molecule has 1 aliphatic heterocycles. The van der Waals surface area contributed by atoms with Crippen LogP contribution in [0.5, 0.6) is 0 Å². The third-order valence-corrected chi connectivity index (χ3v) is 5.91. The van der Waals surface area contributed by atoms with Crippen molar-refractivity contribution in [1.29, 1.82) is 0 Å². The number of benzene rings is 2. The summed E-state index contributed by atoms with van der Waals surface area (Å²) in [6.45, 7) is 1.41. The molecule has 1 aliphatic rings. The Balaban J connectivity index is 1.50. The first-order valence-corrected chi connectivity index (χ1v) is 10.3. The molecule has 0 radical (unpaired) electrons. The Labute approximate surface area is 183 Å². The van der Waals surface area contributed by atoms with Gasteiger partial charge in [0.2, 0.25) is 0 Å². The Morgan fingerprint density at radius 2 is 1.81 bits per heavy atom. The van der Waals surface area contributed by atoms with Crippen molar-refractivity contribution in [2.24, 2.45) is 0 Å². The van der Waals surface area contributed by atoms with Crippen molar-refractivity contribution in [3.05, 3.63) is 101 Å². The second-order valence-corrected chi connectivity index (χ2v) is 7.88. The molecule has 1 amide bonds. The van der Waals surface area contributed by atoms with Crippen LogP contribution < -0.4 is 0 Å². The van der Waals surface area contributed by atoms with Crippen LogP contribution in [0.15, 0.2) is 66.9 Å². The molecule has 0 aliphatic carbocycles. The van der Waals surface area contributed by atoms with E-state index in [1.807, 2.05) is 18.2 Å². The predicted octanol–water partition coefficient (Wildman–Crippen LogP) is 4.12. The highest BCUT2D eigenvalue weighted by molar-refractivity contribution is 5.96. The Morgan fingerprint density at radius 1 is 1.03 bits per heavy atom. The van der Waals surface area contributed by atoms with Crippen LogP contribution in [0, 0.1) is 5.82 Å². The molecule has 160 valence electrons. The summed E-state index contributed by atoms with van der Waals surface area (Å²) in [6.07, 6.45) is 2.43. The highest BCUT2D eigenvalue weighted by Crippen LogP contribution is 2.31. The lowest BCUT2D eigenvalue weighted by atomic mass is 10.0. The van der Waals surface area contributed by atoms with Crippen LogP contribution >= 0.6 is 0 Å². The monoisotopic (exact) mass is 429 g/mol. The Hall–Kier alpha value is -4.00. The molecule has 0 fully saturated rings. The fourth-order valence-electron chi connectivity index (χ4n) is 4.36. The number of pyridine rings is 1. The largest absolute Gasteiger partial charge is 0.478 e. The van der Waals surface area contributed by atoms with E-state index in [0.717, 1.165) is 27.9 Å². The van der Waals surface area contributed by atoms with Gasteiger partial charge in [0.25, 0.3) is 5.91 Å². The van der Waals surface area contributed by atoms with Crippen LogP contribution in [0.3, 0.4) is 0 Å². The summed E-state index contributed by atoms with van der Waals surface area (Å²) in [7, 11) is 0. The highest BCUT2D eigenvalue weighted by atomic mass is 19.1. The maximum absolute atomic E-state index is 13.8. The molecule has 7 heteroatoms. The van der Waals surface area contributed by atoms with Gasteiger partial charge in [0.05, 0.1) is 12.1 Å². The zero-order valence-electron chi connectivity index (χ0n) is 17.2. The van der Waals surface area contributed by atoms with Gasteiger partial charge in [-0.3, -0.25) is 4.79 Å². The Morgan fingerprint density at radius 3 is 2.56 bits per heavy atom. The zero-order valence-corrected chi connectivity index (χ0v) is 17.2. The van der Waals surface area contributed by atoms with Crippen molar-refractivity contribution in [3.8, 4) is 0 Å². The maximum atomic E-state index is 13.8. The highest BCUT2D eigenvalue weighted by Gasteiger charge is 2.28. The molecule has 1 N–H and O–H groups in total. The number of carbonyl (C=O) groups is 2. The van der Waals surface area contributed by atoms with Gasteiger partial charge in [0.15, 0.2) is 0 Å². The average Bonchev–Trinajstić information content (AvgIpc) is 3.12. The normalized spacial score (nSPS) is 13.2. The lowest BCUT2D eigenvalue weighted by Gasteiger charge is -2.28. The summed E-state index contributed by atoms with van der Waals surface area (Å²) in [5.74, 6) is -1.47. The number of carboxylic acid groups (broad SMARTS) is 1. The molecular weight excluding hydrogens is 409 g/mol. The van der Waals surface area contributed by atoms with Crippen molar-refractivity contribution in [1.82, 2.24) is 14.5 Å². The predicted molar refractivity (Wildman–Crippen MR) is 117 cm³/mol. The van der Waals surface area contributed by atoms with Crippen molar-refractivity contribution in [2.75, 3.05) is 6.54 Å². The van der Waals surface area contributed by atoms with E-state index in [9.17, 15) is 14.0 Å². The van der Waals surface area contributed by atoms with Crippen molar-refractivity contribution < 1.29 is 19.1 Å². The minimum absolute atomic E-state index is 0.142. The number of fused-ring (bicyclic) bond motifs is 3. The second-order valence-electron chi connectivity index (χ2n) is 7.88. The van der Waals surface area contributed by atoms with Gasteiger partial charge in [-0.25, -0.2) is 14.2 Å². The molecule has 5 rings (SSSR count). The minimum Gasteiger partial charge on any atom is -0.478 e. The summed E-state index contributed by atoms with van der Waals surface area (Å²) >= 11 is 0. The maximum Gasteiger partial charge on any atom is 0.335 e. The molecule has 6 nitrogen and oxygen atoms in total. The molecule has 0 spiro atoms. The van der Waals surface area contributed by atoms with Gasteiger partial charge in [-0.15, -0.1) is 0 Å². The van der Waals surface area contributed by atoms with Crippen LogP contribution in [0.25, 0.3) is 11.0 Å². The van der Waals surface area contributed by atoms with Crippen LogP contribution in [0.2, 0.25) is 0 Å². The molecule has 0 unspecified atom stereocenters. The summed E-state index contributed by atoms with van der Waals surface area (Å²) in [5, 5.41) is 10.1. The van der Waals surface area contributed by atoms with Crippen molar-refractivity contribution in [3.63, 3.8) is 0 Å². The van der Waals surface area contributed by atoms with Crippen LogP contribution in [0.1, 0.15) is 37.5 Å². The Kier molecular flexibility index (Phi) is 4.93. The number of rotatable bonds is 4. The average molecular weight is 429 g/mol. The second kappa shape index (κ2) is 7.92. The number of hydrogen-bond acceptors (Lipinski definition) is 3. The van der Waals surface area contributed by atoms with Gasteiger partial charge in [-0.05, 0) is 66.1 Å². The van der Waals surface area contributed by atoms with E-state index in [-0.39, 0.29) is 17.3 Å². The van der Waals surface area contributed by atoms with Gasteiger partial charge < -0.3 is 14.6 Å². The topological polar surface area (TPSA) is 75.4 Å². The molecule has 0 atom stereocenters. The van der Waals surface area contributed by atoms with Crippen LogP contribution in [0.4, 0.5) is 4.39 Å². The molecule has 32 heavy (non-hydrogen) atoms. The smallest absolute Gasteiger partial charge is 0.335 e. The zero-order chi connectivity index (χ0) is 22.2. The fourth-order valence-corrected chi connectivity index (χ4v) is 4.36. The van der Waals surface area contributed by atoms with E-state index < -0.39 is 5.97 Å². The quantitative estimate of drug-likeness (QED) is 0.530. The molecule has 0 bridgehead atoms. The van der Waals surface area contributed by atoms with E-state index in [1.54, 1.807) is 29.3 Å². The van der Waals surface area contributed by atoms with E-state index in [2.05, 4.69) is 9.55 Å². The number of nitrogens with zero attached hydrogens (tertiary/aromatic N) is 3. The van der Waals surface area contributed by atoms with E-state index >= 15 is 0 Å². The molecule has 3 heterocycles. The lowest BCUT2D eigenvalue weighted by molar-refractivity contribution is 0.0692. The molecule has 2 aromatic carbocycles. The SMILES string of the molecule is O=C(O)c1ccc(C(=O)N2CCc3c(n(Cc4cccc(F)c4)c4ncccc34)C2)cc1. The summed E-state index contributed by atoms with van der Waals surface area (Å²) in [4.78, 5) is 30.5. The number of carboxylic acids is 1. The van der Waals surface area contributed by atoms with E-state index in [4.69, 9.17) is 5.11 Å². The van der Waals surface area contributed by atoms with E-state index in [0.29, 0.717) is 31.6 Å². The third-order valence-electron chi connectivity index (χ3n) is 5.91. The number of aromatic nitrogens is 2. The molecule has 0 saturated heterocycles. The van der Waals surface area contributed by atoms with Gasteiger partial charge >= 0.3 is 5.97 Å². The number of hydrogen-bond donors (Lipinski definition) is 1. The number of carbonyl (C=O) groups excluding carboxylic acids is 1. The van der Waals surface area contributed by atoms with Gasteiger partial charge in [0, 0.05) is 35.9 Å². The third kappa shape index (κ3) is 3.51. The molecule has 2 aromatic heterocycles. The first-order chi connectivity index (χ1) is 15.5. The van der Waals surface area contributed by atoms with Gasteiger partial charge in [0.1, 0.15) is 11.5 Å². The summed E-state index contributed by atoms with van der Waals surface area (Å²) in [6, 6.07) is 16.4. The summed E-state index contributed by atoms with van der Waals surface area (Å²) in [5.41, 5.74) is 4.39. The first-order valence-electron chi connectivity index (χ1n) is 10.3. The molecule has 0 saturated carbocycles. The number of amides is 1. The minimum atomic E-state index is -1.03. The van der Waals surface area contributed by atoms with Gasteiger partial charge in [-0.2, -0.15) is 0 Å². The fraction of sp³-hybridized carbons (Fsp3) is 0.160. The Bertz CT molecular complexity index is 1340. The number of aromatic carboxylic acids is 1. The van der Waals surface area contributed by atoms with Crippen LogP contribution in [-0.4, -0.2) is 38.0 Å². The first kappa shape index (κ1) is 19.9. The molecular formula is C25H20FN3O3. The van der Waals surface area contributed by atoms with Gasteiger partial charge in [-0.1, -0.05) is 12.1 Å². The molecule has 4 aromatic rings. The lowest BCUT2D eigenvalue weighted by Crippen LogP contribution is -2.36. The van der Waals surface area contributed by atoms with Crippen LogP contribution in [-0.2, 0) is 19.5 Å². The van der Waals surface area contributed by atoms with Crippen molar-refractivity contribution in [2.45, 2.75) is 19.5 Å². The van der Waals surface area contributed by atoms with Crippen molar-refractivity contribution >= 4 is 22.9 Å². The number of halogens is 1. The standard InChI is InChI=1S/C25H20FN3O3/c26-19-4-1-3-16(13-19)14-29-22-15-28(12-10-20(22)21-5-2-11-27-23(21)29)24(30)17-6-8-18(9-7-17)25(31)32/h1-9,11,13H,10,12,14-15H2,(H,31,32). The summed E-state index contributed by atoms with van der Waals surface area (Å²) < 4.78 is 15.8.